The Bertz CT molecular complexity index is 551. The van der Waals surface area contributed by atoms with Crippen molar-refractivity contribution in [2.24, 2.45) is 7.05 Å². The lowest BCUT2D eigenvalue weighted by Gasteiger charge is -2.32. The molecule has 0 aliphatic carbocycles. The van der Waals surface area contributed by atoms with Gasteiger partial charge >= 0.3 is 0 Å². The third kappa shape index (κ3) is 2.25. The van der Waals surface area contributed by atoms with E-state index < -0.39 is 0 Å². The monoisotopic (exact) mass is 259 g/mol. The maximum atomic E-state index is 12.3. The molecule has 0 atom stereocenters. The predicted molar refractivity (Wildman–Crippen MR) is 69.6 cm³/mol. The molecule has 0 N–H and O–H groups in total. The molecule has 0 spiro atoms. The van der Waals surface area contributed by atoms with Crippen molar-refractivity contribution in [2.75, 3.05) is 13.1 Å². The number of carbonyl (C=O) groups is 1. The SMILES string of the molecule is Cn1nccc1C(=O)N1CCC(n2cccn2)CC1. The van der Waals surface area contributed by atoms with Crippen molar-refractivity contribution in [1.82, 2.24) is 24.5 Å². The zero-order chi connectivity index (χ0) is 13.2. The Morgan fingerprint density at radius 3 is 2.63 bits per heavy atom. The van der Waals surface area contributed by atoms with E-state index in [0.717, 1.165) is 25.9 Å². The fourth-order valence-electron chi connectivity index (χ4n) is 2.58. The van der Waals surface area contributed by atoms with Crippen LogP contribution in [0.15, 0.2) is 30.7 Å². The first kappa shape index (κ1) is 12.0. The van der Waals surface area contributed by atoms with Crippen LogP contribution in [0.2, 0.25) is 0 Å². The Balaban J connectivity index is 1.64. The highest BCUT2D eigenvalue weighted by Gasteiger charge is 2.25. The smallest absolute Gasteiger partial charge is 0.272 e. The number of rotatable bonds is 2. The molecule has 1 saturated heterocycles. The van der Waals surface area contributed by atoms with Crippen LogP contribution in [-0.4, -0.2) is 43.5 Å². The Morgan fingerprint density at radius 2 is 2.05 bits per heavy atom. The van der Waals surface area contributed by atoms with Crippen molar-refractivity contribution in [2.45, 2.75) is 18.9 Å². The van der Waals surface area contributed by atoms with Gasteiger partial charge in [0, 0.05) is 38.7 Å². The molecule has 2 aromatic rings. The number of aryl methyl sites for hydroxylation is 1. The highest BCUT2D eigenvalue weighted by Crippen LogP contribution is 2.22. The van der Waals surface area contributed by atoms with Crippen LogP contribution in [0.3, 0.4) is 0 Å². The van der Waals surface area contributed by atoms with Gasteiger partial charge in [-0.25, -0.2) is 0 Å². The predicted octanol–water partition coefficient (Wildman–Crippen LogP) is 1.09. The molecule has 1 aliphatic rings. The minimum Gasteiger partial charge on any atom is -0.337 e. The molecule has 6 nitrogen and oxygen atoms in total. The molecule has 0 radical (unpaired) electrons. The fourth-order valence-corrected chi connectivity index (χ4v) is 2.58. The molecule has 1 amide bonds. The largest absolute Gasteiger partial charge is 0.337 e. The summed E-state index contributed by atoms with van der Waals surface area (Å²) in [6, 6.07) is 4.11. The molecular weight excluding hydrogens is 242 g/mol. The van der Waals surface area contributed by atoms with Crippen LogP contribution in [-0.2, 0) is 7.05 Å². The van der Waals surface area contributed by atoms with E-state index in [1.54, 1.807) is 30.2 Å². The lowest BCUT2D eigenvalue weighted by molar-refractivity contribution is 0.0679. The average Bonchev–Trinajstić information content (AvgIpc) is 3.09. The third-order valence-corrected chi connectivity index (χ3v) is 3.69. The van der Waals surface area contributed by atoms with Gasteiger partial charge in [-0.3, -0.25) is 14.2 Å². The van der Waals surface area contributed by atoms with Gasteiger partial charge in [0.2, 0.25) is 0 Å². The highest BCUT2D eigenvalue weighted by molar-refractivity contribution is 5.92. The van der Waals surface area contributed by atoms with Gasteiger partial charge in [-0.1, -0.05) is 0 Å². The van der Waals surface area contributed by atoms with Crippen molar-refractivity contribution in [3.05, 3.63) is 36.4 Å². The lowest BCUT2D eigenvalue weighted by Crippen LogP contribution is -2.39. The van der Waals surface area contributed by atoms with Crippen molar-refractivity contribution in [1.29, 1.82) is 0 Å². The molecule has 3 heterocycles. The van der Waals surface area contributed by atoms with Gasteiger partial charge in [0.15, 0.2) is 0 Å². The number of piperidine rings is 1. The van der Waals surface area contributed by atoms with Gasteiger partial charge in [-0.15, -0.1) is 0 Å². The number of nitrogens with zero attached hydrogens (tertiary/aromatic N) is 5. The normalized spacial score (nSPS) is 16.8. The summed E-state index contributed by atoms with van der Waals surface area (Å²) in [7, 11) is 1.80. The van der Waals surface area contributed by atoms with E-state index in [1.807, 2.05) is 21.8 Å². The number of amides is 1. The molecule has 1 fully saturated rings. The van der Waals surface area contributed by atoms with E-state index in [9.17, 15) is 4.79 Å². The van der Waals surface area contributed by atoms with E-state index in [2.05, 4.69) is 10.2 Å². The molecular formula is C13H17N5O. The van der Waals surface area contributed by atoms with Gasteiger partial charge in [-0.2, -0.15) is 10.2 Å². The summed E-state index contributed by atoms with van der Waals surface area (Å²) in [6.07, 6.45) is 7.34. The first-order valence-corrected chi connectivity index (χ1v) is 6.52. The number of hydrogen-bond donors (Lipinski definition) is 0. The molecule has 2 aromatic heterocycles. The molecule has 6 heteroatoms. The zero-order valence-corrected chi connectivity index (χ0v) is 10.9. The second-order valence-electron chi connectivity index (χ2n) is 4.85. The van der Waals surface area contributed by atoms with E-state index in [4.69, 9.17) is 0 Å². The van der Waals surface area contributed by atoms with Gasteiger partial charge in [0.25, 0.3) is 5.91 Å². The van der Waals surface area contributed by atoms with Crippen LogP contribution in [0.1, 0.15) is 29.4 Å². The van der Waals surface area contributed by atoms with Crippen LogP contribution in [0, 0.1) is 0 Å². The first-order valence-electron chi connectivity index (χ1n) is 6.52. The number of carbonyl (C=O) groups excluding carboxylic acids is 1. The van der Waals surface area contributed by atoms with E-state index in [0.29, 0.717) is 11.7 Å². The zero-order valence-electron chi connectivity index (χ0n) is 10.9. The van der Waals surface area contributed by atoms with Crippen LogP contribution >= 0.6 is 0 Å². The van der Waals surface area contributed by atoms with Crippen molar-refractivity contribution in [3.8, 4) is 0 Å². The standard InChI is InChI=1S/C13H17N5O/c1-16-12(3-7-14-16)13(19)17-9-4-11(5-10-17)18-8-2-6-15-18/h2-3,6-8,11H,4-5,9-10H2,1H3. The summed E-state index contributed by atoms with van der Waals surface area (Å²) in [4.78, 5) is 14.2. The molecule has 100 valence electrons. The Labute approximate surface area is 111 Å². The second kappa shape index (κ2) is 4.87. The summed E-state index contributed by atoms with van der Waals surface area (Å²) in [6.45, 7) is 1.54. The molecule has 0 aromatic carbocycles. The molecule has 0 saturated carbocycles. The topological polar surface area (TPSA) is 56.0 Å². The summed E-state index contributed by atoms with van der Waals surface area (Å²) in [5, 5.41) is 8.32. The summed E-state index contributed by atoms with van der Waals surface area (Å²) in [5.41, 5.74) is 0.650. The third-order valence-electron chi connectivity index (χ3n) is 3.69. The maximum absolute atomic E-state index is 12.3. The van der Waals surface area contributed by atoms with Crippen molar-refractivity contribution >= 4 is 5.91 Å². The van der Waals surface area contributed by atoms with Gasteiger partial charge < -0.3 is 4.90 Å². The highest BCUT2D eigenvalue weighted by atomic mass is 16.2. The molecule has 0 bridgehead atoms. The Hall–Kier alpha value is -2.11. The fraction of sp³-hybridized carbons (Fsp3) is 0.462. The summed E-state index contributed by atoms with van der Waals surface area (Å²) >= 11 is 0. The van der Waals surface area contributed by atoms with Crippen molar-refractivity contribution in [3.63, 3.8) is 0 Å². The molecule has 3 rings (SSSR count). The van der Waals surface area contributed by atoms with E-state index in [1.165, 1.54) is 0 Å². The van der Waals surface area contributed by atoms with Gasteiger partial charge in [0.05, 0.1) is 6.04 Å². The molecule has 19 heavy (non-hydrogen) atoms. The van der Waals surface area contributed by atoms with Crippen molar-refractivity contribution < 1.29 is 4.79 Å². The average molecular weight is 259 g/mol. The summed E-state index contributed by atoms with van der Waals surface area (Å²) in [5.74, 6) is 0.0684. The lowest BCUT2D eigenvalue weighted by atomic mass is 10.1. The summed E-state index contributed by atoms with van der Waals surface area (Å²) < 4.78 is 3.62. The Morgan fingerprint density at radius 1 is 1.26 bits per heavy atom. The number of likely N-dealkylation sites (tertiary alicyclic amines) is 1. The maximum Gasteiger partial charge on any atom is 0.272 e. The molecule has 0 unspecified atom stereocenters. The quantitative estimate of drug-likeness (QED) is 0.811. The first-order chi connectivity index (χ1) is 9.25. The van der Waals surface area contributed by atoms with Crippen LogP contribution < -0.4 is 0 Å². The van der Waals surface area contributed by atoms with E-state index >= 15 is 0 Å². The second-order valence-corrected chi connectivity index (χ2v) is 4.85. The van der Waals surface area contributed by atoms with Gasteiger partial charge in [-0.05, 0) is 25.0 Å². The Kier molecular flexibility index (Phi) is 3.06. The number of aromatic nitrogens is 4. The van der Waals surface area contributed by atoms with Crippen LogP contribution in [0.5, 0.6) is 0 Å². The minimum absolute atomic E-state index is 0.0684. The van der Waals surface area contributed by atoms with Crippen LogP contribution in [0.4, 0.5) is 0 Å². The molecule has 1 aliphatic heterocycles. The van der Waals surface area contributed by atoms with Gasteiger partial charge in [0.1, 0.15) is 5.69 Å². The minimum atomic E-state index is 0.0684. The van der Waals surface area contributed by atoms with Crippen LogP contribution in [0.25, 0.3) is 0 Å². The number of hydrogen-bond acceptors (Lipinski definition) is 3. The van der Waals surface area contributed by atoms with E-state index in [-0.39, 0.29) is 5.91 Å².